The third kappa shape index (κ3) is 7.55. The molecule has 0 bridgehead atoms. The Bertz CT molecular complexity index is 1870. The lowest BCUT2D eigenvalue weighted by Gasteiger charge is -2.35. The van der Waals surface area contributed by atoms with Gasteiger partial charge in [0.05, 0.1) is 23.0 Å². The van der Waals surface area contributed by atoms with Gasteiger partial charge in [-0.25, -0.2) is 14.8 Å². The van der Waals surface area contributed by atoms with Crippen molar-refractivity contribution >= 4 is 69.5 Å². The van der Waals surface area contributed by atoms with Crippen LogP contribution in [-0.2, 0) is 9.53 Å². The number of allylic oxidation sites excluding steroid dienone is 2. The van der Waals surface area contributed by atoms with Gasteiger partial charge in [0.1, 0.15) is 34.5 Å². The summed E-state index contributed by atoms with van der Waals surface area (Å²) in [7, 11) is 1.38. The summed E-state index contributed by atoms with van der Waals surface area (Å²) in [6.45, 7) is 7.72. The lowest BCUT2D eigenvalue weighted by atomic mass is 9.89. The van der Waals surface area contributed by atoms with Gasteiger partial charge in [-0.15, -0.1) is 0 Å². The first-order valence-corrected chi connectivity index (χ1v) is 16.4. The molecule has 49 heavy (non-hydrogen) atoms. The van der Waals surface area contributed by atoms with Crippen LogP contribution in [0.25, 0.3) is 0 Å². The highest BCUT2D eigenvalue weighted by Gasteiger charge is 2.37. The lowest BCUT2D eigenvalue weighted by Crippen LogP contribution is -2.46. The van der Waals surface area contributed by atoms with Gasteiger partial charge in [0.15, 0.2) is 5.60 Å². The number of carbonyl (C=O) groups is 2. The number of fused-ring (bicyclic) bond motifs is 1. The van der Waals surface area contributed by atoms with E-state index in [1.54, 1.807) is 42.5 Å². The predicted octanol–water partition coefficient (Wildman–Crippen LogP) is 5.40. The van der Waals surface area contributed by atoms with E-state index in [2.05, 4.69) is 59.8 Å². The Morgan fingerprint density at radius 3 is 2.47 bits per heavy atom. The van der Waals surface area contributed by atoms with Crippen LogP contribution < -0.4 is 31.3 Å². The van der Waals surface area contributed by atoms with E-state index in [0.29, 0.717) is 29.4 Å². The van der Waals surface area contributed by atoms with Crippen molar-refractivity contribution in [3.8, 4) is 5.75 Å². The Balaban J connectivity index is 1.07. The molecule has 254 valence electrons. The molecule has 13 nitrogen and oxygen atoms in total. The van der Waals surface area contributed by atoms with E-state index in [4.69, 9.17) is 38.4 Å². The number of rotatable bonds is 10. The molecule has 1 saturated heterocycles. The largest absolute Gasteiger partial charge is 0.455 e. The van der Waals surface area contributed by atoms with Crippen LogP contribution in [0.2, 0.25) is 10.0 Å². The second-order valence-corrected chi connectivity index (χ2v) is 12.1. The average molecular weight is 705 g/mol. The first-order chi connectivity index (χ1) is 23.7. The summed E-state index contributed by atoms with van der Waals surface area (Å²) >= 11 is 13.1. The smallest absolute Gasteiger partial charge is 0.324 e. The van der Waals surface area contributed by atoms with Crippen LogP contribution in [0.5, 0.6) is 5.75 Å². The minimum Gasteiger partial charge on any atom is -0.455 e. The van der Waals surface area contributed by atoms with E-state index < -0.39 is 17.5 Å². The molecular formula is C34H35Cl2N9O4. The molecule has 0 radical (unpaired) electrons. The van der Waals surface area contributed by atoms with Gasteiger partial charge in [-0.05, 0) is 67.2 Å². The van der Waals surface area contributed by atoms with Crippen LogP contribution in [0.3, 0.4) is 0 Å². The molecule has 1 fully saturated rings. The van der Waals surface area contributed by atoms with E-state index >= 15 is 0 Å². The summed E-state index contributed by atoms with van der Waals surface area (Å²) in [6.07, 6.45) is 7.83. The molecule has 1 unspecified atom stereocenters. The van der Waals surface area contributed by atoms with Gasteiger partial charge in [0.25, 0.3) is 5.91 Å². The molecular weight excluding hydrogens is 669 g/mol. The first-order valence-electron chi connectivity index (χ1n) is 15.6. The average Bonchev–Trinajstić information content (AvgIpc) is 3.12. The molecule has 3 aromatic rings. The Morgan fingerprint density at radius 1 is 1.00 bits per heavy atom. The number of piperazine rings is 1. The van der Waals surface area contributed by atoms with Crippen LogP contribution >= 0.6 is 23.2 Å². The molecule has 3 aliphatic rings. The number of nitrogens with one attached hydrogen (secondary N) is 3. The lowest BCUT2D eigenvalue weighted by molar-refractivity contribution is -0.130. The summed E-state index contributed by atoms with van der Waals surface area (Å²) in [5.41, 5.74) is 7.53. The third-order valence-corrected chi connectivity index (χ3v) is 9.26. The number of ether oxygens (including phenoxy) is 2. The molecule has 1 aliphatic carbocycles. The van der Waals surface area contributed by atoms with E-state index in [0.717, 1.165) is 38.4 Å². The highest BCUT2D eigenvalue weighted by Crippen LogP contribution is 2.40. The fourth-order valence-corrected chi connectivity index (χ4v) is 6.00. The second kappa shape index (κ2) is 14.7. The number of hydrogen-bond acceptors (Lipinski definition) is 10. The molecule has 0 saturated carbocycles. The van der Waals surface area contributed by atoms with Gasteiger partial charge in [-0.2, -0.15) is 0 Å². The Morgan fingerprint density at radius 2 is 1.76 bits per heavy atom. The number of aromatic nitrogens is 2. The Labute approximate surface area is 293 Å². The number of carbonyl (C=O) groups excluding carboxylic acids is 2. The number of nitrogens with two attached hydrogens (primary N) is 1. The highest BCUT2D eigenvalue weighted by molar-refractivity contribution is 6.45. The fraction of sp³-hybridized carbons (Fsp3) is 0.265. The molecule has 2 aromatic carbocycles. The van der Waals surface area contributed by atoms with E-state index in [1.165, 1.54) is 19.1 Å². The summed E-state index contributed by atoms with van der Waals surface area (Å²) in [4.78, 5) is 42.8. The van der Waals surface area contributed by atoms with Crippen molar-refractivity contribution in [2.75, 3.05) is 67.2 Å². The molecule has 3 amide bonds. The molecule has 0 spiro atoms. The minimum absolute atomic E-state index is 0.0567. The number of hydrogen-bond donors (Lipinski definition) is 4. The van der Waals surface area contributed by atoms with Gasteiger partial charge in [-0.3, -0.25) is 15.1 Å². The predicted molar refractivity (Wildman–Crippen MR) is 192 cm³/mol. The monoisotopic (exact) mass is 703 g/mol. The number of aliphatic imine (C=N–C) groups is 1. The van der Waals surface area contributed by atoms with E-state index in [1.807, 2.05) is 12.1 Å². The molecule has 5 N–H and O–H groups in total. The molecule has 15 heteroatoms. The minimum atomic E-state index is -1.45. The normalized spacial score (nSPS) is 18.9. The van der Waals surface area contributed by atoms with Crippen LogP contribution in [0.1, 0.15) is 6.92 Å². The number of amides is 3. The number of nitrogens with zero attached hydrogens (tertiary/aromatic N) is 5. The summed E-state index contributed by atoms with van der Waals surface area (Å²) in [6, 6.07) is 12.3. The maximum atomic E-state index is 12.9. The molecule has 1 atom stereocenters. The van der Waals surface area contributed by atoms with Crippen molar-refractivity contribution in [1.82, 2.24) is 14.9 Å². The van der Waals surface area contributed by atoms with Crippen molar-refractivity contribution in [2.24, 2.45) is 10.7 Å². The van der Waals surface area contributed by atoms with Gasteiger partial charge < -0.3 is 35.6 Å². The first kappa shape index (κ1) is 33.9. The standard InChI is InChI=1S/C34H35Cl2N9O4/c1-3-44-14-16-45(17-15-44)22-6-4-21(5-7-22)41-28-18-29(40-20-39-28)43-33(47)42-25-8-9-27(31(36)30(25)35)49-26-11-13-38-24-10-12-34(48-2,32(37)46)19-23(24)26/h4-12,18-20H,3,13-17H2,1-2H3,(H2,37,46)(H3,39,40,41,42,43,47). The third-order valence-electron chi connectivity index (χ3n) is 8.40. The van der Waals surface area contributed by atoms with Crippen LogP contribution in [-0.4, -0.2) is 84.5 Å². The number of likely N-dealkylation sites (N-methyl/N-ethyl adjacent to an activating group) is 1. The molecule has 2 aliphatic heterocycles. The van der Waals surface area contributed by atoms with E-state index in [-0.39, 0.29) is 27.3 Å². The fourth-order valence-electron chi connectivity index (χ4n) is 5.59. The Kier molecular flexibility index (Phi) is 10.2. The maximum Gasteiger partial charge on any atom is 0.324 e. The van der Waals surface area contributed by atoms with Crippen molar-refractivity contribution < 1.29 is 19.1 Å². The molecule has 6 rings (SSSR count). The van der Waals surface area contributed by atoms with Crippen LogP contribution in [0.4, 0.5) is 33.5 Å². The van der Waals surface area contributed by atoms with Crippen molar-refractivity contribution in [1.29, 1.82) is 0 Å². The molecule has 1 aromatic heterocycles. The highest BCUT2D eigenvalue weighted by atomic mass is 35.5. The number of halogens is 2. The van der Waals surface area contributed by atoms with Gasteiger partial charge >= 0.3 is 6.03 Å². The Hall–Kier alpha value is -4.95. The van der Waals surface area contributed by atoms with Gasteiger partial charge in [0.2, 0.25) is 0 Å². The number of anilines is 5. The van der Waals surface area contributed by atoms with Gasteiger partial charge in [0, 0.05) is 56.3 Å². The zero-order valence-corrected chi connectivity index (χ0v) is 28.4. The number of benzene rings is 2. The summed E-state index contributed by atoms with van der Waals surface area (Å²) in [5.74, 6) is 0.699. The SMILES string of the molecule is CCN1CCN(c2ccc(Nc3cc(NC(=O)Nc4ccc(OC5=CCN=C6C=CC(OC)(C(N)=O)C=C56)c(Cl)c4Cl)ncn3)cc2)CC1. The number of primary amides is 1. The van der Waals surface area contributed by atoms with Crippen molar-refractivity contribution in [3.05, 3.63) is 94.5 Å². The van der Waals surface area contributed by atoms with Crippen LogP contribution in [0.15, 0.2) is 89.4 Å². The van der Waals surface area contributed by atoms with Gasteiger partial charge in [-0.1, -0.05) is 30.1 Å². The summed E-state index contributed by atoms with van der Waals surface area (Å²) < 4.78 is 11.5. The number of urea groups is 1. The molecule has 3 heterocycles. The number of dihydropyridines is 1. The van der Waals surface area contributed by atoms with Crippen LogP contribution in [0, 0.1) is 0 Å². The topological polar surface area (TPSA) is 159 Å². The quantitative estimate of drug-likeness (QED) is 0.217. The maximum absolute atomic E-state index is 12.9. The zero-order chi connectivity index (χ0) is 34.5. The second-order valence-electron chi connectivity index (χ2n) is 11.3. The van der Waals surface area contributed by atoms with Crippen molar-refractivity contribution in [2.45, 2.75) is 12.5 Å². The van der Waals surface area contributed by atoms with E-state index in [9.17, 15) is 9.59 Å². The number of methoxy groups -OCH3 is 1. The summed E-state index contributed by atoms with van der Waals surface area (Å²) in [5, 5.41) is 8.74. The zero-order valence-electron chi connectivity index (χ0n) is 26.9. The van der Waals surface area contributed by atoms with Crippen molar-refractivity contribution in [3.63, 3.8) is 0 Å².